The Morgan fingerprint density at radius 2 is 1.63 bits per heavy atom. The van der Waals surface area contributed by atoms with Crippen LogP contribution in [-0.4, -0.2) is 26.8 Å². The number of rotatable bonds is 6. The Kier molecular flexibility index (Phi) is 6.93. The summed E-state index contributed by atoms with van der Waals surface area (Å²) in [4.78, 5) is 27.1. The average Bonchev–Trinajstić information content (AvgIpc) is 2.93. The first kappa shape index (κ1) is 25.5. The lowest BCUT2D eigenvalue weighted by Gasteiger charge is -2.29. The number of amides is 2. The van der Waals surface area contributed by atoms with Gasteiger partial charge in [0.2, 0.25) is 5.91 Å². The second-order valence-electron chi connectivity index (χ2n) is 8.91. The molecule has 0 radical (unpaired) electrons. The molecule has 1 aliphatic rings. The molecule has 7 nitrogen and oxygen atoms in total. The van der Waals surface area contributed by atoms with Crippen molar-refractivity contribution in [3.05, 3.63) is 119 Å². The molecule has 2 amide bonds. The van der Waals surface area contributed by atoms with Crippen molar-refractivity contribution >= 4 is 50.5 Å². The second-order valence-corrected chi connectivity index (χ2v) is 11.2. The van der Waals surface area contributed by atoms with Crippen molar-refractivity contribution in [3.8, 4) is 0 Å². The molecular weight excluding hydrogens is 522 g/mol. The fourth-order valence-corrected chi connectivity index (χ4v) is 6.06. The number of aryl methyl sites for hydroxylation is 1. The zero-order valence-electron chi connectivity index (χ0n) is 20.5. The molecule has 0 aromatic heterocycles. The van der Waals surface area contributed by atoms with Crippen LogP contribution >= 0.6 is 11.6 Å². The van der Waals surface area contributed by atoms with E-state index in [9.17, 15) is 18.0 Å². The van der Waals surface area contributed by atoms with Gasteiger partial charge in [-0.2, -0.15) is 0 Å². The predicted molar refractivity (Wildman–Crippen MR) is 149 cm³/mol. The highest BCUT2D eigenvalue weighted by Crippen LogP contribution is 2.32. The van der Waals surface area contributed by atoms with Gasteiger partial charge in [-0.05, 0) is 66.6 Å². The third kappa shape index (κ3) is 5.01. The minimum absolute atomic E-state index is 0.0296. The summed E-state index contributed by atoms with van der Waals surface area (Å²) in [6.07, 6.45) is 0. The van der Waals surface area contributed by atoms with Gasteiger partial charge in [-0.25, -0.2) is 8.42 Å². The first-order chi connectivity index (χ1) is 18.2. The summed E-state index contributed by atoms with van der Waals surface area (Å²) in [6.45, 7) is 1.77. The van der Waals surface area contributed by atoms with Gasteiger partial charge in [-0.1, -0.05) is 60.1 Å². The number of sulfonamides is 1. The number of anilines is 3. The van der Waals surface area contributed by atoms with Crippen LogP contribution in [0.25, 0.3) is 0 Å². The van der Waals surface area contributed by atoms with E-state index in [0.29, 0.717) is 33.2 Å². The van der Waals surface area contributed by atoms with E-state index in [1.54, 1.807) is 97.1 Å². The molecule has 1 N–H and O–H groups in total. The number of carbonyl (C=O) groups is 2. The van der Waals surface area contributed by atoms with Crippen LogP contribution < -0.4 is 14.5 Å². The normalized spacial score (nSPS) is 13.0. The summed E-state index contributed by atoms with van der Waals surface area (Å²) >= 11 is 6.24. The predicted octanol–water partition coefficient (Wildman–Crippen LogP) is 5.64. The second kappa shape index (κ2) is 10.3. The molecule has 5 rings (SSSR count). The van der Waals surface area contributed by atoms with Crippen molar-refractivity contribution < 1.29 is 18.0 Å². The van der Waals surface area contributed by atoms with Crippen LogP contribution in [0.1, 0.15) is 21.5 Å². The molecule has 0 unspecified atom stereocenters. The van der Waals surface area contributed by atoms with Crippen LogP contribution in [0.2, 0.25) is 5.02 Å². The molecule has 0 saturated carbocycles. The Morgan fingerprint density at radius 3 is 2.37 bits per heavy atom. The van der Waals surface area contributed by atoms with Gasteiger partial charge >= 0.3 is 0 Å². The summed E-state index contributed by atoms with van der Waals surface area (Å²) in [5, 5.41) is 3.20. The van der Waals surface area contributed by atoms with E-state index in [0.717, 1.165) is 5.56 Å². The lowest BCUT2D eigenvalue weighted by molar-refractivity contribution is -0.115. The average molecular weight is 546 g/mol. The molecule has 9 heteroatoms. The minimum atomic E-state index is -3.92. The van der Waals surface area contributed by atoms with Gasteiger partial charge in [-0.15, -0.1) is 0 Å². The van der Waals surface area contributed by atoms with Crippen molar-refractivity contribution in [1.82, 2.24) is 0 Å². The first-order valence-electron chi connectivity index (χ1n) is 11.9. The molecular formula is C29H24ClN3O4S. The number of carbonyl (C=O) groups excluding carboxylic acids is 2. The van der Waals surface area contributed by atoms with E-state index in [1.807, 2.05) is 6.92 Å². The minimum Gasteiger partial charge on any atom is -0.323 e. The number of para-hydroxylation sites is 2. The molecule has 192 valence electrons. The molecule has 38 heavy (non-hydrogen) atoms. The van der Waals surface area contributed by atoms with Gasteiger partial charge in [0.05, 0.1) is 28.5 Å². The highest BCUT2D eigenvalue weighted by Gasteiger charge is 2.29. The number of nitrogens with one attached hydrogen (secondary N) is 1. The Labute approximate surface area is 226 Å². The lowest BCUT2D eigenvalue weighted by Crippen LogP contribution is -2.42. The van der Waals surface area contributed by atoms with Crippen LogP contribution in [-0.2, 0) is 21.4 Å². The third-order valence-electron chi connectivity index (χ3n) is 6.31. The zero-order valence-corrected chi connectivity index (χ0v) is 22.0. The molecule has 4 aromatic rings. The van der Waals surface area contributed by atoms with Crippen LogP contribution in [0.5, 0.6) is 0 Å². The number of hydrogen-bond acceptors (Lipinski definition) is 4. The number of halogens is 1. The summed E-state index contributed by atoms with van der Waals surface area (Å²) in [6, 6.07) is 27.2. The number of nitrogens with zero attached hydrogens (tertiary/aromatic N) is 2. The van der Waals surface area contributed by atoms with Crippen LogP contribution in [0, 0.1) is 6.92 Å². The van der Waals surface area contributed by atoms with E-state index in [4.69, 9.17) is 11.6 Å². The highest BCUT2D eigenvalue weighted by atomic mass is 35.5. The Bertz CT molecular complexity index is 1620. The van der Waals surface area contributed by atoms with Gasteiger partial charge in [0.25, 0.3) is 15.9 Å². The SMILES string of the molecule is Cc1ccc(Cl)cc1N(Cc1ccc(C(=O)N2CC(=O)Nc3ccccc32)cc1)S(=O)(=O)c1ccccc1. The largest absolute Gasteiger partial charge is 0.323 e. The van der Waals surface area contributed by atoms with E-state index in [1.165, 1.54) is 9.21 Å². The van der Waals surface area contributed by atoms with Crippen molar-refractivity contribution in [1.29, 1.82) is 0 Å². The quantitative estimate of drug-likeness (QED) is 0.339. The smallest absolute Gasteiger partial charge is 0.264 e. The van der Waals surface area contributed by atoms with Gasteiger partial charge in [-0.3, -0.25) is 18.8 Å². The van der Waals surface area contributed by atoms with E-state index < -0.39 is 10.0 Å². The van der Waals surface area contributed by atoms with E-state index >= 15 is 0 Å². The van der Waals surface area contributed by atoms with Crippen LogP contribution in [0.15, 0.2) is 102 Å². The van der Waals surface area contributed by atoms with E-state index in [2.05, 4.69) is 5.32 Å². The maximum Gasteiger partial charge on any atom is 0.264 e. The van der Waals surface area contributed by atoms with Gasteiger partial charge in [0.15, 0.2) is 0 Å². The first-order valence-corrected chi connectivity index (χ1v) is 13.7. The molecule has 4 aromatic carbocycles. The number of hydrogen-bond donors (Lipinski definition) is 1. The molecule has 1 aliphatic heterocycles. The Balaban J connectivity index is 1.47. The Hall–Kier alpha value is -4.14. The van der Waals surface area contributed by atoms with E-state index in [-0.39, 0.29) is 29.8 Å². The molecule has 0 aliphatic carbocycles. The van der Waals surface area contributed by atoms with Crippen LogP contribution in [0.3, 0.4) is 0 Å². The number of fused-ring (bicyclic) bond motifs is 1. The summed E-state index contributed by atoms with van der Waals surface area (Å²) < 4.78 is 28.8. The topological polar surface area (TPSA) is 86.8 Å². The monoisotopic (exact) mass is 545 g/mol. The molecule has 0 saturated heterocycles. The lowest BCUT2D eigenvalue weighted by atomic mass is 10.1. The molecule has 0 bridgehead atoms. The molecule has 1 heterocycles. The van der Waals surface area contributed by atoms with Crippen molar-refractivity contribution in [2.24, 2.45) is 0 Å². The van der Waals surface area contributed by atoms with Crippen molar-refractivity contribution in [2.45, 2.75) is 18.4 Å². The maximum atomic E-state index is 13.7. The summed E-state index contributed by atoms with van der Waals surface area (Å²) in [5.41, 5.74) is 3.48. The van der Waals surface area contributed by atoms with Crippen molar-refractivity contribution in [3.63, 3.8) is 0 Å². The standard InChI is InChI=1S/C29H24ClN3O4S/c1-20-11-16-23(30)17-27(20)33(38(36,37)24-7-3-2-4-8-24)18-21-12-14-22(15-13-21)29(35)32-19-28(34)31-25-9-5-6-10-26(25)32/h2-17H,18-19H2,1H3,(H,31,34). The van der Waals surface area contributed by atoms with Gasteiger partial charge in [0, 0.05) is 10.6 Å². The fraction of sp³-hybridized carbons (Fsp3) is 0.103. The molecule has 0 fully saturated rings. The van der Waals surface area contributed by atoms with Gasteiger partial charge in [0.1, 0.15) is 6.54 Å². The van der Waals surface area contributed by atoms with Crippen LogP contribution in [0.4, 0.5) is 17.1 Å². The molecule has 0 spiro atoms. The Morgan fingerprint density at radius 1 is 0.947 bits per heavy atom. The summed E-state index contributed by atoms with van der Waals surface area (Å²) in [7, 11) is -3.92. The zero-order chi connectivity index (χ0) is 26.9. The van der Waals surface area contributed by atoms with Crippen molar-refractivity contribution in [2.75, 3.05) is 21.1 Å². The highest BCUT2D eigenvalue weighted by molar-refractivity contribution is 7.92. The summed E-state index contributed by atoms with van der Waals surface area (Å²) in [5.74, 6) is -0.592. The maximum absolute atomic E-state index is 13.7. The van der Waals surface area contributed by atoms with Gasteiger partial charge < -0.3 is 5.32 Å². The third-order valence-corrected chi connectivity index (χ3v) is 8.32. The molecule has 0 atom stereocenters. The number of benzene rings is 4. The fourth-order valence-electron chi connectivity index (χ4n) is 4.36.